The monoisotopic (exact) mass is 482 g/mol. The number of fused-ring (bicyclic) bond motifs is 1. The van der Waals surface area contributed by atoms with Gasteiger partial charge in [0, 0.05) is 18.4 Å². The molecule has 2 fully saturated rings. The molecule has 0 radical (unpaired) electrons. The summed E-state index contributed by atoms with van der Waals surface area (Å²) in [5.74, 6) is -0.202. The number of nitrogens with one attached hydrogen (secondary N) is 1. The summed E-state index contributed by atoms with van der Waals surface area (Å²) in [6, 6.07) is 1.57. The fraction of sp³-hybridized carbons (Fsp3) is 0.591. The quantitative estimate of drug-likeness (QED) is 0.608. The van der Waals surface area contributed by atoms with Crippen LogP contribution in [-0.2, 0) is 15.8 Å². The number of aromatic nitrogens is 2. The van der Waals surface area contributed by atoms with Gasteiger partial charge < -0.3 is 9.64 Å². The Hall–Kier alpha value is -1.84. The van der Waals surface area contributed by atoms with Crippen LogP contribution in [0.4, 0.5) is 4.39 Å². The summed E-state index contributed by atoms with van der Waals surface area (Å²) in [6.07, 6.45) is 3.17. The van der Waals surface area contributed by atoms with E-state index in [1.165, 1.54) is 0 Å². The van der Waals surface area contributed by atoms with Crippen LogP contribution in [0.1, 0.15) is 52.1 Å². The first-order chi connectivity index (χ1) is 15.1. The third kappa shape index (κ3) is 4.75. The van der Waals surface area contributed by atoms with E-state index in [0.717, 1.165) is 10.9 Å². The lowest BCUT2D eigenvalue weighted by molar-refractivity contribution is -0.141. The van der Waals surface area contributed by atoms with Crippen LogP contribution in [0, 0.1) is 5.92 Å². The molecule has 4 rings (SSSR count). The molecule has 1 aliphatic carbocycles. The van der Waals surface area contributed by atoms with Crippen molar-refractivity contribution in [3.05, 3.63) is 29.2 Å². The van der Waals surface area contributed by atoms with Crippen LogP contribution in [0.15, 0.2) is 18.5 Å². The normalized spacial score (nSPS) is 23.0. The minimum absolute atomic E-state index is 0.136. The average Bonchev–Trinajstić information content (AvgIpc) is 3.43. The third-order valence-electron chi connectivity index (χ3n) is 5.79. The van der Waals surface area contributed by atoms with Gasteiger partial charge in [0.25, 0.3) is 0 Å². The van der Waals surface area contributed by atoms with Crippen LogP contribution in [0.2, 0.25) is 5.15 Å². The Morgan fingerprint density at radius 1 is 1.34 bits per heavy atom. The zero-order valence-corrected chi connectivity index (χ0v) is 20.2. The Bertz CT molecular complexity index is 1060. The van der Waals surface area contributed by atoms with Crippen molar-refractivity contribution >= 4 is 39.3 Å². The van der Waals surface area contributed by atoms with Crippen molar-refractivity contribution in [1.82, 2.24) is 19.6 Å². The van der Waals surface area contributed by atoms with Crippen LogP contribution in [-0.4, -0.2) is 55.1 Å². The minimum Gasteiger partial charge on any atom is -0.470 e. The molecule has 2 aromatic heterocycles. The second kappa shape index (κ2) is 8.83. The van der Waals surface area contributed by atoms with E-state index in [9.17, 15) is 13.4 Å². The lowest BCUT2D eigenvalue weighted by Gasteiger charge is -2.39. The van der Waals surface area contributed by atoms with Gasteiger partial charge in [-0.1, -0.05) is 18.5 Å². The summed E-state index contributed by atoms with van der Waals surface area (Å²) in [6.45, 7) is 8.59. The second-order valence-corrected chi connectivity index (χ2v) is 11.8. The number of nitrogens with zero attached hydrogens (tertiary/aromatic N) is 3. The first kappa shape index (κ1) is 23.3. The number of alkyl halides is 1. The second-order valence-electron chi connectivity index (χ2n) is 9.37. The summed E-state index contributed by atoms with van der Waals surface area (Å²) in [7, 11) is -1.25. The Morgan fingerprint density at radius 3 is 2.62 bits per heavy atom. The van der Waals surface area contributed by atoms with Crippen molar-refractivity contribution in [2.24, 2.45) is 5.92 Å². The van der Waals surface area contributed by atoms with Gasteiger partial charge >= 0.3 is 0 Å². The molecule has 0 aromatic carbocycles. The number of hydrogen-bond acceptors (Lipinski definition) is 5. The number of carbonyl (C=O) groups is 1. The Kier molecular flexibility index (Phi) is 6.44. The van der Waals surface area contributed by atoms with Gasteiger partial charge in [-0.3, -0.25) is 4.79 Å². The van der Waals surface area contributed by atoms with E-state index in [4.69, 9.17) is 16.3 Å². The Morgan fingerprint density at radius 2 is 2.03 bits per heavy atom. The molecule has 2 aromatic rings. The van der Waals surface area contributed by atoms with Crippen LogP contribution in [0.3, 0.4) is 0 Å². The van der Waals surface area contributed by atoms with E-state index in [1.54, 1.807) is 23.4 Å². The van der Waals surface area contributed by atoms with E-state index < -0.39 is 27.8 Å². The van der Waals surface area contributed by atoms with Gasteiger partial charge in [-0.25, -0.2) is 23.3 Å². The van der Waals surface area contributed by atoms with Crippen molar-refractivity contribution in [3.8, 4) is 5.88 Å². The number of likely N-dealkylation sites (tertiary alicyclic amines) is 1. The van der Waals surface area contributed by atoms with Gasteiger partial charge in [-0.05, 0) is 50.6 Å². The predicted molar refractivity (Wildman–Crippen MR) is 123 cm³/mol. The lowest BCUT2D eigenvalue weighted by Crippen LogP contribution is -2.56. The molecular weight excluding hydrogens is 455 g/mol. The zero-order valence-electron chi connectivity index (χ0n) is 18.6. The molecule has 1 saturated carbocycles. The maximum absolute atomic E-state index is 13.1. The molecular formula is C22H28ClFN4O3S. The molecule has 10 heteroatoms. The number of ether oxygens (including phenoxy) is 1. The van der Waals surface area contributed by atoms with E-state index in [1.807, 2.05) is 27.7 Å². The van der Waals surface area contributed by atoms with Crippen molar-refractivity contribution in [2.75, 3.05) is 13.1 Å². The summed E-state index contributed by atoms with van der Waals surface area (Å²) in [5, 5.41) is 1.86. The summed E-state index contributed by atoms with van der Waals surface area (Å²) in [4.78, 5) is 22.4. The van der Waals surface area contributed by atoms with Crippen LogP contribution >= 0.6 is 11.6 Å². The topological polar surface area (TPSA) is 84.4 Å². The van der Waals surface area contributed by atoms with Crippen LogP contribution in [0.25, 0.3) is 10.8 Å². The standard InChI is InChI=1S/C22H28ClFN4O3S/c1-5-18(27-32(30)22(2,3)4)15-8-26-20(16-9-25-19(23)7-13(15)16)31-12-10-28(11-12)21(29)14-6-17(14)24/h7-9,12,14,17-18,27H,5-6,10-11H2,1-4H3/t14-,17+,18+,32+/m1/s1. The molecule has 0 spiro atoms. The smallest absolute Gasteiger partial charge is 0.228 e. The summed E-state index contributed by atoms with van der Waals surface area (Å²) >= 11 is 6.19. The molecule has 4 atom stereocenters. The van der Waals surface area contributed by atoms with Gasteiger partial charge in [-0.2, -0.15) is 0 Å². The number of pyridine rings is 2. The van der Waals surface area contributed by atoms with E-state index in [0.29, 0.717) is 42.4 Å². The van der Waals surface area contributed by atoms with E-state index in [2.05, 4.69) is 14.7 Å². The molecule has 1 N–H and O–H groups in total. The molecule has 1 aliphatic heterocycles. The fourth-order valence-electron chi connectivity index (χ4n) is 3.66. The van der Waals surface area contributed by atoms with Crippen molar-refractivity contribution in [3.63, 3.8) is 0 Å². The predicted octanol–water partition coefficient (Wildman–Crippen LogP) is 3.73. The number of rotatable bonds is 7. The number of carbonyl (C=O) groups excluding carboxylic acids is 1. The molecule has 1 amide bonds. The summed E-state index contributed by atoms with van der Waals surface area (Å²) in [5.41, 5.74) is 0.866. The Balaban J connectivity index is 1.54. The van der Waals surface area contributed by atoms with Crippen LogP contribution < -0.4 is 9.46 Å². The van der Waals surface area contributed by atoms with Gasteiger partial charge in [0.2, 0.25) is 11.8 Å². The van der Waals surface area contributed by atoms with Gasteiger partial charge in [-0.15, -0.1) is 0 Å². The molecule has 3 heterocycles. The van der Waals surface area contributed by atoms with Gasteiger partial charge in [0.05, 0.1) is 40.1 Å². The fourth-order valence-corrected chi connectivity index (χ4v) is 4.72. The first-order valence-corrected chi connectivity index (χ1v) is 12.3. The highest BCUT2D eigenvalue weighted by Crippen LogP contribution is 2.37. The molecule has 0 unspecified atom stereocenters. The number of halogens is 2. The van der Waals surface area contributed by atoms with Crippen molar-refractivity contribution < 1.29 is 18.1 Å². The molecule has 7 nitrogen and oxygen atoms in total. The first-order valence-electron chi connectivity index (χ1n) is 10.8. The lowest BCUT2D eigenvalue weighted by atomic mass is 10.0. The maximum Gasteiger partial charge on any atom is 0.228 e. The molecule has 32 heavy (non-hydrogen) atoms. The Labute approximate surface area is 194 Å². The largest absolute Gasteiger partial charge is 0.470 e. The minimum atomic E-state index is -1.25. The molecule has 1 saturated heterocycles. The van der Waals surface area contributed by atoms with Gasteiger partial charge in [0.15, 0.2) is 0 Å². The van der Waals surface area contributed by atoms with Crippen molar-refractivity contribution in [1.29, 1.82) is 0 Å². The number of amides is 1. The van der Waals surface area contributed by atoms with E-state index >= 15 is 0 Å². The highest BCUT2D eigenvalue weighted by atomic mass is 35.5. The maximum atomic E-state index is 13.1. The summed E-state index contributed by atoms with van der Waals surface area (Å²) < 4.78 is 34.7. The number of hydrogen-bond donors (Lipinski definition) is 1. The SMILES string of the molecule is CC[C@H](N[S@@](=O)C(C)(C)C)c1cnc(OC2CN(C(=O)[C@@H]3C[C@@H]3F)C2)c2cnc(Cl)cc12. The van der Waals surface area contributed by atoms with Crippen molar-refractivity contribution in [2.45, 2.75) is 63.6 Å². The molecule has 0 bridgehead atoms. The average molecular weight is 483 g/mol. The highest BCUT2D eigenvalue weighted by molar-refractivity contribution is 7.84. The zero-order chi connectivity index (χ0) is 23.2. The van der Waals surface area contributed by atoms with E-state index in [-0.39, 0.29) is 18.1 Å². The molecule has 2 aliphatic rings. The van der Waals surface area contributed by atoms with Gasteiger partial charge in [0.1, 0.15) is 17.4 Å². The van der Waals surface area contributed by atoms with Crippen LogP contribution in [0.5, 0.6) is 5.88 Å². The molecule has 174 valence electrons. The third-order valence-corrected chi connectivity index (χ3v) is 7.61. The highest BCUT2D eigenvalue weighted by Gasteiger charge is 2.48.